The number of hydrogen-bond acceptors (Lipinski definition) is 7. The largest absolute Gasteiger partial charge is 0.451 e. The van der Waals surface area contributed by atoms with Crippen LogP contribution in [0.5, 0.6) is 0 Å². The number of thiophene rings is 1. The van der Waals surface area contributed by atoms with Gasteiger partial charge in [-0.1, -0.05) is 18.2 Å². The summed E-state index contributed by atoms with van der Waals surface area (Å²) in [5.41, 5.74) is 1.68. The van der Waals surface area contributed by atoms with Gasteiger partial charge in [-0.2, -0.15) is 5.10 Å². The van der Waals surface area contributed by atoms with E-state index in [9.17, 15) is 18.0 Å². The third-order valence-corrected chi connectivity index (χ3v) is 7.54. The molecule has 10 heteroatoms. The molecule has 8 nitrogen and oxygen atoms in total. The van der Waals surface area contributed by atoms with Gasteiger partial charge in [-0.3, -0.25) is 4.79 Å². The number of aryl methyl sites for hydroxylation is 1. The Morgan fingerprint density at radius 2 is 2.07 bits per heavy atom. The molecule has 1 amide bonds. The number of fused-ring (bicyclic) bond motifs is 1. The molecule has 1 atom stereocenters. The summed E-state index contributed by atoms with van der Waals surface area (Å²) in [5, 5.41) is 7.98. The molecule has 0 aliphatic carbocycles. The second-order valence-electron chi connectivity index (χ2n) is 6.91. The highest BCUT2D eigenvalue weighted by atomic mass is 32.2. The molecule has 1 fully saturated rings. The van der Waals surface area contributed by atoms with Crippen LogP contribution in [0.4, 0.5) is 0 Å². The number of sulfone groups is 1. The van der Waals surface area contributed by atoms with E-state index in [-0.39, 0.29) is 11.5 Å². The van der Waals surface area contributed by atoms with Crippen molar-refractivity contribution in [2.45, 2.75) is 19.4 Å². The Morgan fingerprint density at radius 3 is 2.76 bits per heavy atom. The first kappa shape index (κ1) is 19.6. The van der Waals surface area contributed by atoms with Crippen molar-refractivity contribution in [1.82, 2.24) is 15.1 Å². The first-order valence-corrected chi connectivity index (χ1v) is 11.7. The number of benzene rings is 1. The Balaban J connectivity index is 1.43. The monoisotopic (exact) mass is 433 g/mol. The molecule has 2 aromatic heterocycles. The number of rotatable bonds is 5. The zero-order valence-corrected chi connectivity index (χ0v) is 17.3. The van der Waals surface area contributed by atoms with Gasteiger partial charge in [-0.25, -0.2) is 17.9 Å². The molecule has 0 spiro atoms. The van der Waals surface area contributed by atoms with Crippen LogP contribution < -0.4 is 5.32 Å². The van der Waals surface area contributed by atoms with Crippen molar-refractivity contribution in [3.63, 3.8) is 0 Å². The Labute approximate surface area is 171 Å². The van der Waals surface area contributed by atoms with Crippen LogP contribution in [0.15, 0.2) is 36.4 Å². The SMILES string of the molecule is Cc1nn(-c2ccccc2)c2sc(C(=O)OCC(=O)N[C@@H]3CCS(=O)(=O)C3)cc12. The molecule has 4 rings (SSSR count). The number of aromatic nitrogens is 2. The number of nitrogens with one attached hydrogen (secondary N) is 1. The maximum Gasteiger partial charge on any atom is 0.348 e. The molecule has 1 N–H and O–H groups in total. The summed E-state index contributed by atoms with van der Waals surface area (Å²) in [6, 6.07) is 10.9. The fourth-order valence-corrected chi connectivity index (χ4v) is 6.02. The molecule has 152 valence electrons. The fourth-order valence-electron chi connectivity index (χ4n) is 3.27. The minimum atomic E-state index is -3.08. The van der Waals surface area contributed by atoms with Crippen LogP contribution in [0.3, 0.4) is 0 Å². The van der Waals surface area contributed by atoms with Gasteiger partial charge >= 0.3 is 5.97 Å². The Kier molecular flexibility index (Phi) is 5.13. The van der Waals surface area contributed by atoms with Crippen molar-refractivity contribution < 1.29 is 22.7 Å². The van der Waals surface area contributed by atoms with Crippen molar-refractivity contribution in [2.75, 3.05) is 18.1 Å². The van der Waals surface area contributed by atoms with E-state index in [1.165, 1.54) is 11.3 Å². The second-order valence-corrected chi connectivity index (χ2v) is 10.2. The van der Waals surface area contributed by atoms with Crippen molar-refractivity contribution in [3.05, 3.63) is 47.0 Å². The van der Waals surface area contributed by atoms with Gasteiger partial charge in [0.25, 0.3) is 5.91 Å². The number of ether oxygens (including phenoxy) is 1. The van der Waals surface area contributed by atoms with Gasteiger partial charge < -0.3 is 10.1 Å². The van der Waals surface area contributed by atoms with Gasteiger partial charge in [0.15, 0.2) is 16.4 Å². The smallest absolute Gasteiger partial charge is 0.348 e. The van der Waals surface area contributed by atoms with Gasteiger partial charge in [-0.15, -0.1) is 11.3 Å². The van der Waals surface area contributed by atoms with Gasteiger partial charge in [-0.05, 0) is 31.5 Å². The van der Waals surface area contributed by atoms with Crippen molar-refractivity contribution in [3.8, 4) is 5.69 Å². The highest BCUT2D eigenvalue weighted by Crippen LogP contribution is 2.30. The lowest BCUT2D eigenvalue weighted by molar-refractivity contribution is -0.124. The zero-order valence-electron chi connectivity index (χ0n) is 15.6. The third kappa shape index (κ3) is 4.18. The standard InChI is InChI=1S/C19H19N3O5S2/c1-12-15-9-16(28-18(15)22(21-12)14-5-3-2-4-6-14)19(24)27-10-17(23)20-13-7-8-29(25,26)11-13/h2-6,9,13H,7-8,10-11H2,1H3,(H,20,23)/t13-/m1/s1. The number of hydrogen-bond donors (Lipinski definition) is 1. The number of para-hydroxylation sites is 1. The van der Waals surface area contributed by atoms with Crippen LogP contribution in [0, 0.1) is 6.92 Å². The third-order valence-electron chi connectivity index (χ3n) is 4.68. The number of carbonyl (C=O) groups excluding carboxylic acids is 2. The molecular formula is C19H19N3O5S2. The average Bonchev–Trinajstić information content (AvgIpc) is 3.35. The number of nitrogens with zero attached hydrogens (tertiary/aromatic N) is 2. The van der Waals surface area contributed by atoms with Crippen LogP contribution in [-0.4, -0.2) is 54.2 Å². The van der Waals surface area contributed by atoms with Crippen LogP contribution in [-0.2, 0) is 19.4 Å². The lowest BCUT2D eigenvalue weighted by Gasteiger charge is -2.10. The van der Waals surface area contributed by atoms with Crippen LogP contribution >= 0.6 is 11.3 Å². The summed E-state index contributed by atoms with van der Waals surface area (Å²) >= 11 is 1.25. The highest BCUT2D eigenvalue weighted by molar-refractivity contribution is 7.91. The Hall–Kier alpha value is -2.72. The lowest BCUT2D eigenvalue weighted by atomic mass is 10.2. The molecule has 3 aromatic rings. The summed E-state index contributed by atoms with van der Waals surface area (Å²) in [6.07, 6.45) is 0.383. The molecule has 0 saturated carbocycles. The van der Waals surface area contributed by atoms with Crippen molar-refractivity contribution in [2.24, 2.45) is 0 Å². The van der Waals surface area contributed by atoms with E-state index in [4.69, 9.17) is 4.74 Å². The fraction of sp³-hybridized carbons (Fsp3) is 0.316. The predicted molar refractivity (Wildman–Crippen MR) is 109 cm³/mol. The first-order valence-electron chi connectivity index (χ1n) is 9.04. The van der Waals surface area contributed by atoms with E-state index in [0.717, 1.165) is 21.6 Å². The molecule has 1 aliphatic rings. The minimum absolute atomic E-state index is 0.0668. The maximum absolute atomic E-state index is 12.4. The maximum atomic E-state index is 12.4. The van der Waals surface area contributed by atoms with E-state index in [0.29, 0.717) is 11.3 Å². The van der Waals surface area contributed by atoms with E-state index < -0.39 is 34.4 Å². The van der Waals surface area contributed by atoms with Crippen molar-refractivity contribution in [1.29, 1.82) is 0 Å². The normalized spacial score (nSPS) is 18.0. The Morgan fingerprint density at radius 1 is 1.31 bits per heavy atom. The van der Waals surface area contributed by atoms with Crippen molar-refractivity contribution >= 4 is 43.3 Å². The van der Waals surface area contributed by atoms with E-state index in [2.05, 4.69) is 10.4 Å². The van der Waals surface area contributed by atoms with Crippen LogP contribution in [0.25, 0.3) is 15.9 Å². The highest BCUT2D eigenvalue weighted by Gasteiger charge is 2.29. The number of amides is 1. The van der Waals surface area contributed by atoms with E-state index >= 15 is 0 Å². The average molecular weight is 434 g/mol. The quantitative estimate of drug-likeness (QED) is 0.616. The Bertz CT molecular complexity index is 1180. The van der Waals surface area contributed by atoms with E-state index in [1.807, 2.05) is 37.3 Å². The molecule has 1 saturated heterocycles. The molecule has 29 heavy (non-hydrogen) atoms. The summed E-state index contributed by atoms with van der Waals surface area (Å²) in [6.45, 7) is 1.42. The topological polar surface area (TPSA) is 107 Å². The second kappa shape index (κ2) is 7.60. The lowest BCUT2D eigenvalue weighted by Crippen LogP contribution is -2.38. The summed E-state index contributed by atoms with van der Waals surface area (Å²) in [5.74, 6) is -1.11. The molecule has 1 aliphatic heterocycles. The molecule has 0 radical (unpaired) electrons. The number of esters is 1. The number of carbonyl (C=O) groups is 2. The van der Waals surface area contributed by atoms with Gasteiger partial charge in [0.2, 0.25) is 0 Å². The minimum Gasteiger partial charge on any atom is -0.451 e. The predicted octanol–water partition coefficient (Wildman–Crippen LogP) is 1.86. The molecule has 1 aromatic carbocycles. The summed E-state index contributed by atoms with van der Waals surface area (Å²) in [7, 11) is -3.08. The van der Waals surface area contributed by atoms with Crippen LogP contribution in [0.2, 0.25) is 0 Å². The van der Waals surface area contributed by atoms with Gasteiger partial charge in [0, 0.05) is 11.4 Å². The summed E-state index contributed by atoms with van der Waals surface area (Å²) in [4.78, 5) is 25.6. The van der Waals surface area contributed by atoms with Gasteiger partial charge in [0.1, 0.15) is 9.71 Å². The molecular weight excluding hydrogens is 414 g/mol. The molecule has 0 bridgehead atoms. The summed E-state index contributed by atoms with van der Waals surface area (Å²) < 4.78 is 29.8. The van der Waals surface area contributed by atoms with E-state index in [1.54, 1.807) is 10.7 Å². The zero-order chi connectivity index (χ0) is 20.6. The van der Waals surface area contributed by atoms with Crippen LogP contribution in [0.1, 0.15) is 21.8 Å². The van der Waals surface area contributed by atoms with Gasteiger partial charge in [0.05, 0.1) is 22.9 Å². The molecule has 0 unspecified atom stereocenters. The molecule has 3 heterocycles. The first-order chi connectivity index (χ1) is 13.8.